The van der Waals surface area contributed by atoms with Gasteiger partial charge in [0.15, 0.2) is 0 Å². The molecule has 0 fully saturated rings. The number of benzene rings is 1. The Morgan fingerprint density at radius 2 is 1.62 bits per heavy atom. The molecule has 0 saturated heterocycles. The van der Waals surface area contributed by atoms with Crippen molar-refractivity contribution in [2.24, 2.45) is 0 Å². The van der Waals surface area contributed by atoms with Gasteiger partial charge in [-0.3, -0.25) is 10.1 Å². The maximum atomic E-state index is 12.4. The van der Waals surface area contributed by atoms with E-state index in [9.17, 15) is 19.7 Å². The van der Waals surface area contributed by atoms with Crippen LogP contribution < -0.4 is 4.90 Å². The minimum Gasteiger partial charge on any atom is -0.465 e. The second-order valence-corrected chi connectivity index (χ2v) is 5.50. The predicted octanol–water partition coefficient (Wildman–Crippen LogP) is 2.70. The Bertz CT molecular complexity index is 843. The van der Waals surface area contributed by atoms with Crippen molar-refractivity contribution in [2.75, 3.05) is 19.1 Å². The lowest BCUT2D eigenvalue weighted by molar-refractivity contribution is -0.384. The first-order valence-corrected chi connectivity index (χ1v) is 7.62. The van der Waals surface area contributed by atoms with E-state index in [2.05, 4.69) is 0 Å². The quantitative estimate of drug-likeness (QED) is 0.463. The Kier molecular flexibility index (Phi) is 5.56. The minimum absolute atomic E-state index is 0.0153. The second-order valence-electron chi connectivity index (χ2n) is 5.50. The molecule has 1 aliphatic rings. The highest BCUT2D eigenvalue weighted by atomic mass is 16.6. The van der Waals surface area contributed by atoms with Gasteiger partial charge < -0.3 is 14.4 Å². The van der Waals surface area contributed by atoms with Crippen LogP contribution in [0.3, 0.4) is 0 Å². The summed E-state index contributed by atoms with van der Waals surface area (Å²) in [7, 11) is 2.42. The van der Waals surface area contributed by atoms with Gasteiger partial charge in [0.2, 0.25) is 0 Å². The summed E-state index contributed by atoms with van der Waals surface area (Å²) in [5, 5.41) is 11.1. The summed E-state index contributed by atoms with van der Waals surface area (Å²) in [6, 6.07) is 2.81. The molecular formula is C18H18N2O6. The van der Waals surface area contributed by atoms with Crippen molar-refractivity contribution in [2.45, 2.75) is 13.8 Å². The Balaban J connectivity index is 2.76. The first-order valence-electron chi connectivity index (χ1n) is 7.62. The third kappa shape index (κ3) is 3.49. The topological polar surface area (TPSA) is 99.0 Å². The summed E-state index contributed by atoms with van der Waals surface area (Å²) in [4.78, 5) is 36.6. The van der Waals surface area contributed by atoms with Crippen LogP contribution in [0.5, 0.6) is 0 Å². The molecule has 8 nitrogen and oxygen atoms in total. The van der Waals surface area contributed by atoms with Crippen LogP contribution in [0.15, 0.2) is 47.8 Å². The van der Waals surface area contributed by atoms with Gasteiger partial charge in [0.25, 0.3) is 5.69 Å². The van der Waals surface area contributed by atoms with E-state index in [0.717, 1.165) is 0 Å². The van der Waals surface area contributed by atoms with Crippen LogP contribution in [-0.4, -0.2) is 31.1 Å². The third-order valence-corrected chi connectivity index (χ3v) is 3.82. The molecule has 26 heavy (non-hydrogen) atoms. The number of non-ortho nitro benzene ring substituents is 1. The molecule has 0 unspecified atom stereocenters. The molecule has 0 radical (unpaired) electrons. The fourth-order valence-corrected chi connectivity index (χ4v) is 2.76. The number of nitro benzene ring substituents is 1. The van der Waals surface area contributed by atoms with E-state index in [1.165, 1.54) is 37.3 Å². The average molecular weight is 358 g/mol. The lowest BCUT2D eigenvalue weighted by Gasteiger charge is -2.26. The molecule has 1 aromatic rings. The molecule has 0 bridgehead atoms. The number of carbonyl (C=O) groups excluding carboxylic acids is 2. The zero-order valence-corrected chi connectivity index (χ0v) is 14.8. The van der Waals surface area contributed by atoms with E-state index >= 15 is 0 Å². The first-order chi connectivity index (χ1) is 12.3. The van der Waals surface area contributed by atoms with E-state index in [1.807, 2.05) is 0 Å². The van der Waals surface area contributed by atoms with Gasteiger partial charge >= 0.3 is 11.9 Å². The van der Waals surface area contributed by atoms with Gasteiger partial charge in [-0.05, 0) is 37.1 Å². The van der Waals surface area contributed by atoms with Crippen LogP contribution in [0.4, 0.5) is 11.4 Å². The van der Waals surface area contributed by atoms with Crippen molar-refractivity contribution in [3.8, 4) is 0 Å². The molecular weight excluding hydrogens is 340 g/mol. The number of ether oxygens (including phenoxy) is 2. The van der Waals surface area contributed by atoms with Gasteiger partial charge in [-0.25, -0.2) is 9.59 Å². The van der Waals surface area contributed by atoms with Gasteiger partial charge in [0.05, 0.1) is 30.4 Å². The summed E-state index contributed by atoms with van der Waals surface area (Å²) in [6.07, 6.45) is 6.26. The number of anilines is 1. The van der Waals surface area contributed by atoms with E-state index in [0.29, 0.717) is 16.8 Å². The molecule has 0 atom stereocenters. The molecule has 2 rings (SSSR count). The van der Waals surface area contributed by atoms with Gasteiger partial charge in [-0.15, -0.1) is 0 Å². The third-order valence-electron chi connectivity index (χ3n) is 3.82. The fourth-order valence-electron chi connectivity index (χ4n) is 2.76. The number of carbonyl (C=O) groups is 2. The summed E-state index contributed by atoms with van der Waals surface area (Å²) in [5.74, 6) is -1.44. The molecule has 1 heterocycles. The molecule has 136 valence electrons. The predicted molar refractivity (Wildman–Crippen MR) is 94.4 cm³/mol. The largest absolute Gasteiger partial charge is 0.465 e. The van der Waals surface area contributed by atoms with Crippen molar-refractivity contribution in [3.05, 3.63) is 69.1 Å². The number of rotatable bonds is 4. The standard InChI is InChI=1S/C18H18N2O6/c1-11-9-13(20(23)24)10-12(2)15(11)19-8-6-5-7-14(17(21)25-3)16(19)18(22)26-4/h5-10H,1-4H3. The molecule has 0 aliphatic carbocycles. The summed E-state index contributed by atoms with van der Waals surface area (Å²) >= 11 is 0. The van der Waals surface area contributed by atoms with Crippen molar-refractivity contribution < 1.29 is 24.0 Å². The molecule has 0 spiro atoms. The lowest BCUT2D eigenvalue weighted by Crippen LogP contribution is -2.28. The Morgan fingerprint density at radius 1 is 1.04 bits per heavy atom. The molecule has 0 amide bonds. The van der Waals surface area contributed by atoms with Gasteiger partial charge in [0, 0.05) is 18.3 Å². The number of esters is 2. The van der Waals surface area contributed by atoms with E-state index in [-0.39, 0.29) is 17.0 Å². The maximum absolute atomic E-state index is 12.4. The molecule has 1 aliphatic heterocycles. The van der Waals surface area contributed by atoms with Gasteiger partial charge in [0.1, 0.15) is 5.70 Å². The smallest absolute Gasteiger partial charge is 0.355 e. The van der Waals surface area contributed by atoms with Crippen molar-refractivity contribution in [1.29, 1.82) is 0 Å². The van der Waals surface area contributed by atoms with Crippen molar-refractivity contribution in [3.63, 3.8) is 0 Å². The first kappa shape index (κ1) is 18.9. The van der Waals surface area contributed by atoms with Crippen molar-refractivity contribution in [1.82, 2.24) is 0 Å². The summed E-state index contributed by atoms with van der Waals surface area (Å²) < 4.78 is 9.61. The average Bonchev–Trinajstić information content (AvgIpc) is 2.82. The van der Waals surface area contributed by atoms with E-state index < -0.39 is 16.9 Å². The molecule has 0 N–H and O–H groups in total. The maximum Gasteiger partial charge on any atom is 0.355 e. The number of allylic oxidation sites excluding steroid dienone is 2. The highest BCUT2D eigenvalue weighted by molar-refractivity contribution is 6.05. The Hall–Kier alpha value is -3.42. The van der Waals surface area contributed by atoms with Crippen molar-refractivity contribution >= 4 is 23.3 Å². The van der Waals surface area contributed by atoms with Crippen LogP contribution in [0.1, 0.15) is 11.1 Å². The number of hydrogen-bond acceptors (Lipinski definition) is 7. The number of nitro groups is 1. The van der Waals surface area contributed by atoms with Crippen LogP contribution in [0, 0.1) is 24.0 Å². The van der Waals surface area contributed by atoms with Gasteiger partial charge in [-0.1, -0.05) is 6.08 Å². The number of methoxy groups -OCH3 is 2. The minimum atomic E-state index is -0.737. The van der Waals surface area contributed by atoms with Crippen LogP contribution in [-0.2, 0) is 19.1 Å². The fraction of sp³-hybridized carbons (Fsp3) is 0.222. The monoisotopic (exact) mass is 358 g/mol. The molecule has 0 saturated carbocycles. The van der Waals surface area contributed by atoms with E-state index in [4.69, 9.17) is 9.47 Å². The zero-order valence-electron chi connectivity index (χ0n) is 14.8. The van der Waals surface area contributed by atoms with E-state index in [1.54, 1.807) is 32.2 Å². The molecule has 8 heteroatoms. The summed E-state index contributed by atoms with van der Waals surface area (Å²) in [5.41, 5.74) is 1.59. The second kappa shape index (κ2) is 7.64. The van der Waals surface area contributed by atoms with Crippen LogP contribution in [0.2, 0.25) is 0 Å². The van der Waals surface area contributed by atoms with Crippen LogP contribution in [0.25, 0.3) is 0 Å². The highest BCUT2D eigenvalue weighted by Gasteiger charge is 2.29. The number of nitrogens with zero attached hydrogens (tertiary/aromatic N) is 2. The number of aryl methyl sites for hydroxylation is 2. The Morgan fingerprint density at radius 3 is 2.12 bits per heavy atom. The summed E-state index contributed by atoms with van der Waals surface area (Å²) in [6.45, 7) is 3.38. The molecule has 1 aromatic carbocycles. The normalized spacial score (nSPS) is 13.5. The Labute approximate surface area is 150 Å². The molecule has 0 aromatic heterocycles. The zero-order chi connectivity index (χ0) is 19.4. The number of hydrogen-bond donors (Lipinski definition) is 0. The lowest BCUT2D eigenvalue weighted by atomic mass is 10.0. The van der Waals surface area contributed by atoms with Gasteiger partial charge in [-0.2, -0.15) is 0 Å². The SMILES string of the molecule is COC(=O)C1=C(C(=O)OC)N(c2c(C)cc([N+](=O)[O-])cc2C)C=CC=C1. The van der Waals surface area contributed by atoms with Crippen LogP contribution >= 0.6 is 0 Å². The highest BCUT2D eigenvalue weighted by Crippen LogP contribution is 2.34.